The molecule has 0 saturated carbocycles. The molecule has 0 aliphatic rings. The maximum atomic E-state index is 12.9. The van der Waals surface area contributed by atoms with Crippen LogP contribution in [0.5, 0.6) is 0 Å². The lowest BCUT2D eigenvalue weighted by Gasteiger charge is -2.07. The zero-order chi connectivity index (χ0) is 21.4. The van der Waals surface area contributed by atoms with Crippen LogP contribution < -0.4 is 16.2 Å². The van der Waals surface area contributed by atoms with Crippen molar-refractivity contribution in [1.29, 1.82) is 0 Å². The molecular formula is C17H13F3N4O3S2. The standard InChI is InChI=1S/C17H13F3N4O3S2/c18-17(19,20)10-3-1-2-9(8-10)13(25)14-15(21)24-16(28-14)23-11-4-6-12(7-5-11)29(22,26)27/h1-8H,21H2,(H,23,24)(H2,22,26,27). The van der Waals surface area contributed by atoms with Gasteiger partial charge in [-0.25, -0.2) is 18.5 Å². The Kier molecular flexibility index (Phi) is 5.34. The van der Waals surface area contributed by atoms with E-state index in [-0.39, 0.29) is 26.3 Å². The van der Waals surface area contributed by atoms with E-state index in [1.54, 1.807) is 0 Å². The minimum Gasteiger partial charge on any atom is -0.382 e. The molecule has 0 radical (unpaired) electrons. The number of carbonyl (C=O) groups is 1. The minimum absolute atomic E-state index is 0.0204. The van der Waals surface area contributed by atoms with Crippen LogP contribution in [-0.2, 0) is 16.2 Å². The van der Waals surface area contributed by atoms with Crippen LogP contribution in [0.3, 0.4) is 0 Å². The van der Waals surface area contributed by atoms with Gasteiger partial charge in [0.25, 0.3) is 0 Å². The first-order chi connectivity index (χ1) is 13.4. The molecule has 1 heterocycles. The molecular weight excluding hydrogens is 429 g/mol. The fourth-order valence-corrected chi connectivity index (χ4v) is 3.75. The number of hydrogen-bond donors (Lipinski definition) is 3. The minimum atomic E-state index is -4.58. The van der Waals surface area contributed by atoms with Crippen LogP contribution in [0.15, 0.2) is 53.4 Å². The number of benzene rings is 2. The number of thiazole rings is 1. The third-order valence-corrected chi connectivity index (χ3v) is 5.66. The fourth-order valence-electron chi connectivity index (χ4n) is 2.37. The van der Waals surface area contributed by atoms with Crippen LogP contribution in [0.25, 0.3) is 0 Å². The largest absolute Gasteiger partial charge is 0.416 e. The molecule has 152 valence electrons. The average Bonchev–Trinajstić information content (AvgIpc) is 3.00. The van der Waals surface area contributed by atoms with E-state index < -0.39 is 27.5 Å². The number of rotatable bonds is 5. The van der Waals surface area contributed by atoms with Crippen molar-refractivity contribution in [3.63, 3.8) is 0 Å². The van der Waals surface area contributed by atoms with E-state index in [1.807, 2.05) is 0 Å². The summed E-state index contributed by atoms with van der Waals surface area (Å²) in [6.45, 7) is 0. The van der Waals surface area contributed by atoms with Crippen molar-refractivity contribution >= 4 is 43.8 Å². The van der Waals surface area contributed by atoms with E-state index >= 15 is 0 Å². The Morgan fingerprint density at radius 3 is 2.34 bits per heavy atom. The summed E-state index contributed by atoms with van der Waals surface area (Å²) in [4.78, 5) is 16.5. The number of nitrogens with two attached hydrogens (primary N) is 2. The first-order valence-corrected chi connectivity index (χ1v) is 10.2. The highest BCUT2D eigenvalue weighted by Gasteiger charge is 2.31. The predicted molar refractivity (Wildman–Crippen MR) is 103 cm³/mol. The van der Waals surface area contributed by atoms with Crippen molar-refractivity contribution in [1.82, 2.24) is 4.98 Å². The van der Waals surface area contributed by atoms with Gasteiger partial charge < -0.3 is 11.1 Å². The normalized spacial score (nSPS) is 12.0. The number of hydrogen-bond acceptors (Lipinski definition) is 7. The number of nitrogens with one attached hydrogen (secondary N) is 1. The Balaban J connectivity index is 1.84. The van der Waals surface area contributed by atoms with E-state index in [1.165, 1.54) is 30.3 Å². The third kappa shape index (κ3) is 4.72. The van der Waals surface area contributed by atoms with Gasteiger partial charge in [-0.15, -0.1) is 0 Å². The Hall–Kier alpha value is -2.96. The summed E-state index contributed by atoms with van der Waals surface area (Å²) in [6.07, 6.45) is -4.58. The van der Waals surface area contributed by atoms with E-state index in [0.717, 1.165) is 29.5 Å². The number of nitrogen functional groups attached to an aromatic ring is 1. The molecule has 0 saturated heterocycles. The fraction of sp³-hybridized carbons (Fsp3) is 0.0588. The topological polar surface area (TPSA) is 128 Å². The number of nitrogens with zero attached hydrogens (tertiary/aromatic N) is 1. The van der Waals surface area contributed by atoms with Crippen molar-refractivity contribution in [2.45, 2.75) is 11.1 Å². The van der Waals surface area contributed by atoms with Gasteiger partial charge in [0.1, 0.15) is 10.7 Å². The van der Waals surface area contributed by atoms with E-state index in [4.69, 9.17) is 10.9 Å². The van der Waals surface area contributed by atoms with Gasteiger partial charge in [0.05, 0.1) is 10.5 Å². The summed E-state index contributed by atoms with van der Waals surface area (Å²) in [6, 6.07) is 9.45. The molecule has 7 nitrogen and oxygen atoms in total. The second-order valence-electron chi connectivity index (χ2n) is 5.84. The van der Waals surface area contributed by atoms with Gasteiger partial charge in [0.2, 0.25) is 15.8 Å². The number of ketones is 1. The molecule has 0 atom stereocenters. The summed E-state index contributed by atoms with van der Waals surface area (Å²) >= 11 is 0.859. The Labute approximate surface area is 167 Å². The number of sulfonamides is 1. The van der Waals surface area contributed by atoms with Crippen LogP contribution in [0.2, 0.25) is 0 Å². The van der Waals surface area contributed by atoms with Crippen LogP contribution in [0.1, 0.15) is 20.8 Å². The van der Waals surface area contributed by atoms with Gasteiger partial charge in [0, 0.05) is 11.3 Å². The van der Waals surface area contributed by atoms with E-state index in [0.29, 0.717) is 5.69 Å². The van der Waals surface area contributed by atoms with Gasteiger partial charge in [-0.3, -0.25) is 4.79 Å². The average molecular weight is 442 g/mol. The number of aromatic nitrogens is 1. The first kappa shape index (κ1) is 20.8. The Bertz CT molecular complexity index is 1170. The molecule has 3 aromatic rings. The number of primary sulfonamides is 1. The van der Waals surface area contributed by atoms with Crippen molar-refractivity contribution in [3.8, 4) is 0 Å². The lowest BCUT2D eigenvalue weighted by molar-refractivity contribution is -0.137. The van der Waals surface area contributed by atoms with Crippen LogP contribution in [0.4, 0.5) is 29.8 Å². The number of carbonyl (C=O) groups excluding carboxylic acids is 1. The molecule has 0 aliphatic carbocycles. The molecule has 1 aromatic heterocycles. The smallest absolute Gasteiger partial charge is 0.382 e. The molecule has 0 unspecified atom stereocenters. The summed E-state index contributed by atoms with van der Waals surface area (Å²) in [5.74, 6) is -0.829. The van der Waals surface area contributed by atoms with Crippen molar-refractivity contribution in [2.75, 3.05) is 11.1 Å². The molecule has 0 aliphatic heterocycles. The maximum Gasteiger partial charge on any atom is 0.416 e. The van der Waals surface area contributed by atoms with Crippen LogP contribution in [-0.4, -0.2) is 19.2 Å². The quantitative estimate of drug-likeness (QED) is 0.520. The second kappa shape index (κ2) is 7.46. The monoisotopic (exact) mass is 442 g/mol. The summed E-state index contributed by atoms with van der Waals surface area (Å²) in [5, 5.41) is 8.08. The van der Waals surface area contributed by atoms with Gasteiger partial charge in [0.15, 0.2) is 5.13 Å². The third-order valence-electron chi connectivity index (χ3n) is 3.75. The summed E-state index contributed by atoms with van der Waals surface area (Å²) in [5.41, 5.74) is 5.10. The van der Waals surface area contributed by atoms with Gasteiger partial charge in [-0.2, -0.15) is 13.2 Å². The highest BCUT2D eigenvalue weighted by molar-refractivity contribution is 7.89. The zero-order valence-corrected chi connectivity index (χ0v) is 16.0. The lowest BCUT2D eigenvalue weighted by Crippen LogP contribution is -2.11. The summed E-state index contributed by atoms with van der Waals surface area (Å²) < 4.78 is 61.1. The van der Waals surface area contributed by atoms with Crippen molar-refractivity contribution < 1.29 is 26.4 Å². The molecule has 0 spiro atoms. The molecule has 3 rings (SSSR count). The second-order valence-corrected chi connectivity index (χ2v) is 8.40. The zero-order valence-electron chi connectivity index (χ0n) is 14.4. The van der Waals surface area contributed by atoms with Gasteiger partial charge in [-0.1, -0.05) is 23.5 Å². The number of halogens is 3. The molecule has 29 heavy (non-hydrogen) atoms. The highest BCUT2D eigenvalue weighted by atomic mass is 32.2. The van der Waals surface area contributed by atoms with Gasteiger partial charge >= 0.3 is 6.18 Å². The van der Waals surface area contributed by atoms with Crippen LogP contribution in [0, 0.1) is 0 Å². The molecule has 0 fully saturated rings. The molecule has 0 amide bonds. The van der Waals surface area contributed by atoms with E-state index in [9.17, 15) is 26.4 Å². The van der Waals surface area contributed by atoms with Crippen LogP contribution >= 0.6 is 11.3 Å². The molecule has 2 aromatic carbocycles. The highest BCUT2D eigenvalue weighted by Crippen LogP contribution is 2.33. The first-order valence-electron chi connectivity index (χ1n) is 7.83. The van der Waals surface area contributed by atoms with Gasteiger partial charge in [-0.05, 0) is 36.4 Å². The Morgan fingerprint density at radius 2 is 1.76 bits per heavy atom. The summed E-state index contributed by atoms with van der Waals surface area (Å²) in [7, 11) is -3.84. The molecule has 5 N–H and O–H groups in total. The molecule has 0 bridgehead atoms. The SMILES string of the molecule is Nc1nc(Nc2ccc(S(N)(=O)=O)cc2)sc1C(=O)c1cccc(C(F)(F)F)c1. The number of anilines is 3. The van der Waals surface area contributed by atoms with Crippen molar-refractivity contribution in [2.24, 2.45) is 5.14 Å². The van der Waals surface area contributed by atoms with E-state index in [2.05, 4.69) is 10.3 Å². The molecule has 12 heteroatoms. The number of alkyl halides is 3. The lowest BCUT2D eigenvalue weighted by atomic mass is 10.1. The predicted octanol–water partition coefficient (Wildman–Crippen LogP) is 3.37. The maximum absolute atomic E-state index is 12.9. The van der Waals surface area contributed by atoms with Crippen molar-refractivity contribution in [3.05, 3.63) is 64.5 Å². The Morgan fingerprint density at radius 1 is 1.10 bits per heavy atom.